The molecule has 94 valence electrons. The average Bonchev–Trinajstić information content (AvgIpc) is 2.59. The topological polar surface area (TPSA) is 67.5 Å². The Balaban J connectivity index is 1.74. The van der Waals surface area contributed by atoms with Gasteiger partial charge in [-0.05, 0) is 32.6 Å². The zero-order valence-corrected chi connectivity index (χ0v) is 10.1. The van der Waals surface area contributed by atoms with Crippen molar-refractivity contribution in [3.05, 3.63) is 0 Å². The third kappa shape index (κ3) is 2.74. The summed E-state index contributed by atoms with van der Waals surface area (Å²) < 4.78 is 5.42. The van der Waals surface area contributed by atoms with Gasteiger partial charge in [0, 0.05) is 31.7 Å². The summed E-state index contributed by atoms with van der Waals surface area (Å²) in [7, 11) is 0. The molecule has 0 amide bonds. The molecule has 2 fully saturated rings. The first-order valence-corrected chi connectivity index (χ1v) is 6.43. The lowest BCUT2D eigenvalue weighted by atomic mass is 9.90. The number of nitrogens with one attached hydrogen (secondary N) is 1. The van der Waals surface area contributed by atoms with E-state index in [0.717, 1.165) is 32.1 Å². The fraction of sp³-hybridized carbons (Fsp3) is 1.00. The lowest BCUT2D eigenvalue weighted by molar-refractivity contribution is -0.0283. The summed E-state index contributed by atoms with van der Waals surface area (Å²) in [5.41, 5.74) is 5.20. The largest absolute Gasteiger partial charge is 0.386 e. The van der Waals surface area contributed by atoms with Gasteiger partial charge in [0.2, 0.25) is 0 Å². The Hall–Kier alpha value is -0.160. The summed E-state index contributed by atoms with van der Waals surface area (Å²) in [5, 5.41) is 13.8. The van der Waals surface area contributed by atoms with E-state index >= 15 is 0 Å². The molecule has 2 unspecified atom stereocenters. The van der Waals surface area contributed by atoms with E-state index in [-0.39, 0.29) is 6.10 Å². The molecule has 2 atom stereocenters. The molecule has 0 aromatic heterocycles. The maximum atomic E-state index is 10.3. The van der Waals surface area contributed by atoms with Crippen LogP contribution in [0.5, 0.6) is 0 Å². The molecule has 1 saturated carbocycles. The number of nitrogens with two attached hydrogens (primary N) is 1. The van der Waals surface area contributed by atoms with Crippen molar-refractivity contribution in [2.75, 3.05) is 13.2 Å². The summed E-state index contributed by atoms with van der Waals surface area (Å²) in [4.78, 5) is 0. The molecule has 4 nitrogen and oxygen atoms in total. The van der Waals surface area contributed by atoms with Crippen molar-refractivity contribution in [2.24, 2.45) is 5.73 Å². The van der Waals surface area contributed by atoms with Crippen LogP contribution in [-0.4, -0.2) is 42.0 Å². The summed E-state index contributed by atoms with van der Waals surface area (Å²) >= 11 is 0. The van der Waals surface area contributed by atoms with Crippen molar-refractivity contribution in [1.29, 1.82) is 0 Å². The van der Waals surface area contributed by atoms with E-state index in [4.69, 9.17) is 10.5 Å². The van der Waals surface area contributed by atoms with Crippen LogP contribution in [0.2, 0.25) is 0 Å². The Labute approximate surface area is 97.5 Å². The molecular formula is C12H24N2O2. The van der Waals surface area contributed by atoms with Gasteiger partial charge in [0.25, 0.3) is 0 Å². The van der Waals surface area contributed by atoms with Crippen molar-refractivity contribution >= 4 is 0 Å². The molecular weight excluding hydrogens is 204 g/mol. The zero-order valence-electron chi connectivity index (χ0n) is 10.1. The number of hydrogen-bond donors (Lipinski definition) is 3. The maximum absolute atomic E-state index is 10.3. The third-order valence-corrected chi connectivity index (χ3v) is 4.13. The predicted octanol–water partition coefficient (Wildman–Crippen LogP) is 0.386. The molecule has 0 radical (unpaired) electrons. The molecule has 1 heterocycles. The van der Waals surface area contributed by atoms with Gasteiger partial charge < -0.3 is 20.9 Å². The lowest BCUT2D eigenvalue weighted by Crippen LogP contribution is -2.49. The predicted molar refractivity (Wildman–Crippen MR) is 63.2 cm³/mol. The van der Waals surface area contributed by atoms with Gasteiger partial charge in [-0.2, -0.15) is 0 Å². The molecule has 0 spiro atoms. The summed E-state index contributed by atoms with van der Waals surface area (Å²) in [6, 6.07) is 0.909. The van der Waals surface area contributed by atoms with E-state index in [2.05, 4.69) is 5.32 Å². The van der Waals surface area contributed by atoms with Gasteiger partial charge in [0.05, 0.1) is 6.10 Å². The van der Waals surface area contributed by atoms with Crippen molar-refractivity contribution in [3.63, 3.8) is 0 Å². The molecule has 0 bridgehead atoms. The number of rotatable bonds is 3. The van der Waals surface area contributed by atoms with Gasteiger partial charge >= 0.3 is 0 Å². The van der Waals surface area contributed by atoms with E-state index in [9.17, 15) is 5.11 Å². The quantitative estimate of drug-likeness (QED) is 0.653. The summed E-state index contributed by atoms with van der Waals surface area (Å²) in [5.74, 6) is 0. The number of ether oxygens (including phenoxy) is 1. The van der Waals surface area contributed by atoms with Crippen molar-refractivity contribution in [1.82, 2.24) is 5.32 Å². The monoisotopic (exact) mass is 228 g/mol. The highest BCUT2D eigenvalue weighted by Crippen LogP contribution is 2.25. The minimum absolute atomic E-state index is 0.0501. The molecule has 16 heavy (non-hydrogen) atoms. The van der Waals surface area contributed by atoms with Crippen molar-refractivity contribution in [2.45, 2.75) is 62.8 Å². The third-order valence-electron chi connectivity index (χ3n) is 4.13. The number of aliphatic hydroxyl groups is 1. The van der Waals surface area contributed by atoms with Gasteiger partial charge in [-0.3, -0.25) is 0 Å². The summed E-state index contributed by atoms with van der Waals surface area (Å²) in [6.45, 7) is 3.27. The van der Waals surface area contributed by atoms with Gasteiger partial charge in [-0.1, -0.05) is 0 Å². The van der Waals surface area contributed by atoms with Crippen LogP contribution in [0, 0.1) is 0 Å². The fourth-order valence-electron chi connectivity index (χ4n) is 2.65. The zero-order chi connectivity index (χ0) is 11.6. The molecule has 1 saturated heterocycles. The van der Waals surface area contributed by atoms with Gasteiger partial charge in [-0.15, -0.1) is 0 Å². The van der Waals surface area contributed by atoms with Gasteiger partial charge in [-0.25, -0.2) is 0 Å². The highest BCUT2D eigenvalue weighted by molar-refractivity contribution is 4.93. The van der Waals surface area contributed by atoms with Crippen LogP contribution in [0.4, 0.5) is 0 Å². The second kappa shape index (κ2) is 5.00. The minimum atomic E-state index is -0.667. The highest BCUT2D eigenvalue weighted by atomic mass is 16.5. The smallest absolute Gasteiger partial charge is 0.105 e. The van der Waals surface area contributed by atoms with Crippen molar-refractivity contribution < 1.29 is 9.84 Å². The molecule has 4 heteroatoms. The Morgan fingerprint density at radius 2 is 2.06 bits per heavy atom. The van der Waals surface area contributed by atoms with Crippen LogP contribution < -0.4 is 11.1 Å². The fourth-order valence-corrected chi connectivity index (χ4v) is 2.65. The molecule has 1 aliphatic heterocycles. The second-order valence-electron chi connectivity index (χ2n) is 5.36. The maximum Gasteiger partial charge on any atom is 0.105 e. The van der Waals surface area contributed by atoms with E-state index < -0.39 is 5.60 Å². The molecule has 4 N–H and O–H groups in total. The Bertz CT molecular complexity index is 229. The molecule has 0 aromatic rings. The average molecular weight is 228 g/mol. The lowest BCUT2D eigenvalue weighted by Gasteiger charge is -2.32. The van der Waals surface area contributed by atoms with Crippen molar-refractivity contribution in [3.8, 4) is 0 Å². The van der Waals surface area contributed by atoms with E-state index in [1.54, 1.807) is 0 Å². The van der Waals surface area contributed by atoms with Crippen LogP contribution in [0.3, 0.4) is 0 Å². The first-order chi connectivity index (χ1) is 7.60. The second-order valence-corrected chi connectivity index (χ2v) is 5.36. The van der Waals surface area contributed by atoms with Crippen LogP contribution in [0.25, 0.3) is 0 Å². The van der Waals surface area contributed by atoms with E-state index in [0.29, 0.717) is 25.2 Å². The molecule has 0 aromatic carbocycles. The first kappa shape index (κ1) is 12.3. The highest BCUT2D eigenvalue weighted by Gasteiger charge is 2.39. The SMILES string of the molecule is CC1OCCC1(O)CNC1CCC(N)CC1. The Morgan fingerprint density at radius 1 is 1.38 bits per heavy atom. The normalized spacial score (nSPS) is 44.8. The van der Waals surface area contributed by atoms with Crippen LogP contribution in [-0.2, 0) is 4.74 Å². The van der Waals surface area contributed by atoms with Crippen LogP contribution in [0.15, 0.2) is 0 Å². The molecule has 2 rings (SSSR count). The summed E-state index contributed by atoms with van der Waals surface area (Å²) in [6.07, 6.45) is 5.15. The number of hydrogen-bond acceptors (Lipinski definition) is 4. The van der Waals surface area contributed by atoms with Crippen LogP contribution in [0.1, 0.15) is 39.0 Å². The van der Waals surface area contributed by atoms with E-state index in [1.165, 1.54) is 0 Å². The minimum Gasteiger partial charge on any atom is -0.386 e. The van der Waals surface area contributed by atoms with Gasteiger partial charge in [0.1, 0.15) is 5.60 Å². The van der Waals surface area contributed by atoms with Gasteiger partial charge in [0.15, 0.2) is 0 Å². The first-order valence-electron chi connectivity index (χ1n) is 6.43. The molecule has 2 aliphatic rings. The Morgan fingerprint density at radius 3 is 2.62 bits per heavy atom. The Kier molecular flexibility index (Phi) is 3.85. The standard InChI is InChI=1S/C12H24N2O2/c1-9-12(15,6-7-16-9)8-14-11-4-2-10(13)3-5-11/h9-11,14-15H,2-8,13H2,1H3. The molecule has 1 aliphatic carbocycles. The van der Waals surface area contributed by atoms with E-state index in [1.807, 2.05) is 6.92 Å². The van der Waals surface area contributed by atoms with Crippen LogP contribution >= 0.6 is 0 Å².